The zero-order chi connectivity index (χ0) is 18.9. The van der Waals surface area contributed by atoms with Crippen molar-refractivity contribution < 1.29 is 14.3 Å². The van der Waals surface area contributed by atoms with Crippen LogP contribution in [0.3, 0.4) is 0 Å². The Morgan fingerprint density at radius 2 is 2.00 bits per heavy atom. The van der Waals surface area contributed by atoms with E-state index in [0.717, 1.165) is 5.75 Å². The number of nitrogens with one attached hydrogen (secondary N) is 2. The molecule has 1 fully saturated rings. The Kier molecular flexibility index (Phi) is 4.27. The Morgan fingerprint density at radius 1 is 1.26 bits per heavy atom. The summed E-state index contributed by atoms with van der Waals surface area (Å²) in [4.78, 5) is 30.7. The summed E-state index contributed by atoms with van der Waals surface area (Å²) < 4.78 is 5.65. The fraction of sp³-hybridized carbons (Fsp3) is 0.333. The molecule has 1 aromatic carbocycles. The Bertz CT molecular complexity index is 884. The number of rotatable bonds is 4. The lowest BCUT2D eigenvalue weighted by Gasteiger charge is -2.35. The van der Waals surface area contributed by atoms with Gasteiger partial charge < -0.3 is 15.4 Å². The first-order valence-corrected chi connectivity index (χ1v) is 8.74. The van der Waals surface area contributed by atoms with Crippen LogP contribution in [0.1, 0.15) is 29.0 Å². The lowest BCUT2D eigenvalue weighted by Crippen LogP contribution is -2.50. The molecule has 0 radical (unpaired) electrons. The van der Waals surface area contributed by atoms with E-state index in [1.807, 2.05) is 30.3 Å². The fourth-order valence-corrected chi connectivity index (χ4v) is 3.35. The van der Waals surface area contributed by atoms with Crippen LogP contribution in [0.4, 0.5) is 0 Å². The van der Waals surface area contributed by atoms with Crippen molar-refractivity contribution in [3.63, 3.8) is 0 Å². The van der Waals surface area contributed by atoms with Gasteiger partial charge in [0.05, 0.1) is 5.69 Å². The number of likely N-dealkylation sites (tertiary alicyclic amines) is 1. The molecule has 2 amide bonds. The fourth-order valence-electron chi connectivity index (χ4n) is 3.35. The summed E-state index contributed by atoms with van der Waals surface area (Å²) in [6.45, 7) is 1.14. The number of carbonyl (C=O) groups is 2. The standard InChI is InChI=1S/C18H20N6O3/c19-17-20-16(26)18(21-17)6-8-24(9-7-18)15(25)14-10-12(22-23-14)11-27-13-4-2-1-3-5-13/h1-5,10H,6-9,11H2,(H,22,23)(H3,19,20,21,26). The summed E-state index contributed by atoms with van der Waals surface area (Å²) in [7, 11) is 0. The summed E-state index contributed by atoms with van der Waals surface area (Å²) in [6, 6.07) is 11.1. The molecule has 4 rings (SSSR count). The largest absolute Gasteiger partial charge is 0.487 e. The van der Waals surface area contributed by atoms with Gasteiger partial charge >= 0.3 is 0 Å². The van der Waals surface area contributed by atoms with Crippen molar-refractivity contribution in [1.29, 1.82) is 0 Å². The van der Waals surface area contributed by atoms with Crippen LogP contribution in [-0.4, -0.2) is 51.5 Å². The molecular formula is C18H20N6O3. The minimum Gasteiger partial charge on any atom is -0.487 e. The minimum atomic E-state index is -0.832. The van der Waals surface area contributed by atoms with E-state index in [-0.39, 0.29) is 17.8 Å². The van der Waals surface area contributed by atoms with Crippen LogP contribution in [0, 0.1) is 0 Å². The first-order valence-electron chi connectivity index (χ1n) is 8.74. The predicted molar refractivity (Wildman–Crippen MR) is 97.0 cm³/mol. The van der Waals surface area contributed by atoms with Crippen LogP contribution < -0.4 is 15.8 Å². The number of hydrogen-bond donors (Lipinski definition) is 3. The first-order chi connectivity index (χ1) is 13.1. The number of hydrogen-bond acceptors (Lipinski definition) is 6. The Hall–Kier alpha value is -3.36. The van der Waals surface area contributed by atoms with Gasteiger partial charge in [0.2, 0.25) is 0 Å². The molecule has 2 aliphatic heterocycles. The highest BCUT2D eigenvalue weighted by Gasteiger charge is 2.46. The second kappa shape index (κ2) is 6.75. The number of benzene rings is 1. The summed E-state index contributed by atoms with van der Waals surface area (Å²) >= 11 is 0. The average molecular weight is 368 g/mol. The van der Waals surface area contributed by atoms with E-state index >= 15 is 0 Å². The lowest BCUT2D eigenvalue weighted by atomic mass is 9.88. The van der Waals surface area contributed by atoms with Gasteiger partial charge in [-0.25, -0.2) is 4.99 Å². The summed E-state index contributed by atoms with van der Waals surface area (Å²) in [5, 5.41) is 9.47. The molecule has 140 valence electrons. The van der Waals surface area contributed by atoms with Gasteiger partial charge in [-0.1, -0.05) is 18.2 Å². The van der Waals surface area contributed by atoms with Crippen LogP contribution in [0.5, 0.6) is 5.75 Å². The average Bonchev–Trinajstić information content (AvgIpc) is 3.26. The summed E-state index contributed by atoms with van der Waals surface area (Å²) in [6.07, 6.45) is 0.888. The van der Waals surface area contributed by atoms with Gasteiger partial charge in [0, 0.05) is 13.1 Å². The topological polar surface area (TPSA) is 126 Å². The van der Waals surface area contributed by atoms with Crippen LogP contribution in [0.25, 0.3) is 0 Å². The number of guanidine groups is 1. The highest BCUT2D eigenvalue weighted by Crippen LogP contribution is 2.29. The maximum atomic E-state index is 12.7. The van der Waals surface area contributed by atoms with E-state index in [1.54, 1.807) is 11.0 Å². The maximum absolute atomic E-state index is 12.7. The molecule has 0 bridgehead atoms. The number of aromatic amines is 1. The number of nitrogens with two attached hydrogens (primary N) is 1. The molecule has 2 aromatic rings. The van der Waals surface area contributed by atoms with E-state index in [0.29, 0.717) is 43.9 Å². The third kappa shape index (κ3) is 3.35. The number of nitrogens with zero attached hydrogens (tertiary/aromatic N) is 3. The molecule has 0 aliphatic carbocycles. The van der Waals surface area contributed by atoms with Crippen molar-refractivity contribution in [2.75, 3.05) is 13.1 Å². The molecule has 3 heterocycles. The molecule has 27 heavy (non-hydrogen) atoms. The van der Waals surface area contributed by atoms with Gasteiger partial charge in [-0.15, -0.1) is 0 Å². The van der Waals surface area contributed by atoms with Gasteiger partial charge in [0.15, 0.2) is 11.7 Å². The molecular weight excluding hydrogens is 348 g/mol. The smallest absolute Gasteiger partial charge is 0.274 e. The minimum absolute atomic E-state index is 0.148. The molecule has 1 aromatic heterocycles. The van der Waals surface area contributed by atoms with Crippen LogP contribution in [-0.2, 0) is 11.4 Å². The van der Waals surface area contributed by atoms with Crippen LogP contribution >= 0.6 is 0 Å². The molecule has 9 nitrogen and oxygen atoms in total. The van der Waals surface area contributed by atoms with Gasteiger partial charge in [-0.05, 0) is 31.0 Å². The van der Waals surface area contributed by atoms with Crippen molar-refractivity contribution in [2.24, 2.45) is 10.7 Å². The second-order valence-electron chi connectivity index (χ2n) is 6.66. The number of para-hydroxylation sites is 1. The first kappa shape index (κ1) is 17.1. The molecule has 4 N–H and O–H groups in total. The predicted octanol–water partition coefficient (Wildman–Crippen LogP) is 0.408. The zero-order valence-corrected chi connectivity index (χ0v) is 14.6. The molecule has 0 saturated carbocycles. The van der Waals surface area contributed by atoms with Crippen molar-refractivity contribution >= 4 is 17.8 Å². The highest BCUT2D eigenvalue weighted by molar-refractivity contribution is 6.07. The molecule has 1 spiro atoms. The van der Waals surface area contributed by atoms with Crippen molar-refractivity contribution in [3.8, 4) is 5.75 Å². The number of carbonyl (C=O) groups excluding carboxylic acids is 2. The molecule has 0 unspecified atom stereocenters. The summed E-state index contributed by atoms with van der Waals surface area (Å²) in [5.41, 5.74) is 5.81. The van der Waals surface area contributed by atoms with Gasteiger partial charge in [-0.2, -0.15) is 5.10 Å². The van der Waals surface area contributed by atoms with E-state index in [2.05, 4.69) is 20.5 Å². The number of H-pyrrole nitrogens is 1. The van der Waals surface area contributed by atoms with E-state index in [1.165, 1.54) is 0 Å². The van der Waals surface area contributed by atoms with E-state index in [4.69, 9.17) is 10.5 Å². The number of aliphatic imine (C=N–C) groups is 1. The number of aromatic nitrogens is 2. The molecule has 0 atom stereocenters. The Balaban J connectivity index is 1.35. The molecule has 1 saturated heterocycles. The maximum Gasteiger partial charge on any atom is 0.274 e. The van der Waals surface area contributed by atoms with E-state index < -0.39 is 5.54 Å². The van der Waals surface area contributed by atoms with E-state index in [9.17, 15) is 9.59 Å². The third-order valence-corrected chi connectivity index (χ3v) is 4.86. The van der Waals surface area contributed by atoms with Crippen molar-refractivity contribution in [2.45, 2.75) is 25.0 Å². The lowest BCUT2D eigenvalue weighted by molar-refractivity contribution is -0.125. The summed E-state index contributed by atoms with van der Waals surface area (Å²) in [5.74, 6) is 0.528. The highest BCUT2D eigenvalue weighted by atomic mass is 16.5. The molecule has 9 heteroatoms. The van der Waals surface area contributed by atoms with Crippen molar-refractivity contribution in [3.05, 3.63) is 47.8 Å². The van der Waals surface area contributed by atoms with Crippen LogP contribution in [0.15, 0.2) is 41.4 Å². The van der Waals surface area contributed by atoms with Gasteiger partial charge in [0.25, 0.3) is 11.8 Å². The number of ether oxygens (including phenoxy) is 1. The second-order valence-corrected chi connectivity index (χ2v) is 6.66. The molecule has 2 aliphatic rings. The van der Waals surface area contributed by atoms with Gasteiger partial charge in [0.1, 0.15) is 17.9 Å². The van der Waals surface area contributed by atoms with Gasteiger partial charge in [-0.3, -0.25) is 20.0 Å². The monoisotopic (exact) mass is 368 g/mol. The zero-order valence-electron chi connectivity index (χ0n) is 14.6. The van der Waals surface area contributed by atoms with Crippen LogP contribution in [0.2, 0.25) is 0 Å². The third-order valence-electron chi connectivity index (χ3n) is 4.86. The number of amides is 2. The quantitative estimate of drug-likeness (QED) is 0.721. The normalized spacial score (nSPS) is 18.3. The Morgan fingerprint density at radius 3 is 2.67 bits per heavy atom. The Labute approximate surface area is 155 Å². The SMILES string of the molecule is NC1=NC2(CCN(C(=O)c3cc(COc4ccccc4)[nH]n3)CC2)C(=O)N1. The number of piperidine rings is 1. The van der Waals surface area contributed by atoms with Crippen molar-refractivity contribution in [1.82, 2.24) is 20.4 Å².